The van der Waals surface area contributed by atoms with Gasteiger partial charge in [0.05, 0.1) is 0 Å². The molecule has 0 spiro atoms. The van der Waals surface area contributed by atoms with Gasteiger partial charge in [-0.1, -0.05) is 13.8 Å². The van der Waals surface area contributed by atoms with Gasteiger partial charge in [-0.15, -0.1) is 0 Å². The van der Waals surface area contributed by atoms with Crippen LogP contribution in [0.3, 0.4) is 0 Å². The van der Waals surface area contributed by atoms with E-state index in [4.69, 9.17) is 5.84 Å². The fourth-order valence-electron chi connectivity index (χ4n) is 1.60. The van der Waals surface area contributed by atoms with E-state index in [1.807, 2.05) is 5.01 Å². The van der Waals surface area contributed by atoms with Crippen molar-refractivity contribution in [3.63, 3.8) is 0 Å². The van der Waals surface area contributed by atoms with Crippen molar-refractivity contribution in [2.24, 2.45) is 11.3 Å². The average Bonchev–Trinajstić information content (AvgIpc) is 2.70. The van der Waals surface area contributed by atoms with E-state index in [0.29, 0.717) is 5.41 Å². The third-order valence-corrected chi connectivity index (χ3v) is 2.76. The molecule has 0 aromatic carbocycles. The summed E-state index contributed by atoms with van der Waals surface area (Å²) in [5, 5.41) is 1.98. The van der Waals surface area contributed by atoms with Crippen molar-refractivity contribution in [2.75, 3.05) is 13.1 Å². The molecular weight excluding hydrogens is 136 g/mol. The quantitative estimate of drug-likeness (QED) is 0.485. The van der Waals surface area contributed by atoms with Crippen LogP contribution in [0.2, 0.25) is 0 Å². The van der Waals surface area contributed by atoms with Gasteiger partial charge in [0.25, 0.3) is 0 Å². The summed E-state index contributed by atoms with van der Waals surface area (Å²) in [6.45, 7) is 6.59. The summed E-state index contributed by atoms with van der Waals surface area (Å²) in [5.41, 5.74) is 0.615. The largest absolute Gasteiger partial charge is 0.269 e. The second kappa shape index (κ2) is 3.55. The van der Waals surface area contributed by atoms with Crippen LogP contribution in [0, 0.1) is 5.41 Å². The first-order chi connectivity index (χ1) is 5.22. The van der Waals surface area contributed by atoms with Gasteiger partial charge in [0.1, 0.15) is 0 Å². The van der Waals surface area contributed by atoms with E-state index in [9.17, 15) is 0 Å². The van der Waals surface area contributed by atoms with Crippen LogP contribution in [-0.4, -0.2) is 18.1 Å². The Kier molecular flexibility index (Phi) is 2.90. The Labute approximate surface area is 69.7 Å². The minimum atomic E-state index is 0.615. The first-order valence-electron chi connectivity index (χ1n) is 4.72. The number of nitrogens with two attached hydrogens (primary N) is 1. The lowest BCUT2D eigenvalue weighted by Crippen LogP contribution is -2.36. The highest BCUT2D eigenvalue weighted by atomic mass is 15.4. The van der Waals surface area contributed by atoms with Crippen molar-refractivity contribution in [3.8, 4) is 0 Å². The maximum atomic E-state index is 5.82. The maximum Gasteiger partial charge on any atom is 0.0185 e. The molecule has 0 unspecified atom stereocenters. The number of hydrogen-bond acceptors (Lipinski definition) is 2. The summed E-state index contributed by atoms with van der Waals surface area (Å²) in [6, 6.07) is 0. The Morgan fingerprint density at radius 3 is 2.36 bits per heavy atom. The molecule has 1 rings (SSSR count). The standard InChI is InChI=1S/C9H20N2/c1-3-7-11(10)8-9(4-2)5-6-9/h3-8,10H2,1-2H3. The summed E-state index contributed by atoms with van der Waals surface area (Å²) in [4.78, 5) is 0. The third-order valence-electron chi connectivity index (χ3n) is 2.76. The fourth-order valence-corrected chi connectivity index (χ4v) is 1.60. The van der Waals surface area contributed by atoms with Crippen LogP contribution in [0.1, 0.15) is 39.5 Å². The second-order valence-electron chi connectivity index (χ2n) is 3.82. The molecule has 1 aliphatic carbocycles. The maximum absolute atomic E-state index is 5.82. The molecule has 1 fully saturated rings. The van der Waals surface area contributed by atoms with E-state index in [1.54, 1.807) is 0 Å². The van der Waals surface area contributed by atoms with Gasteiger partial charge in [0.15, 0.2) is 0 Å². The average molecular weight is 156 g/mol. The van der Waals surface area contributed by atoms with Gasteiger partial charge in [0, 0.05) is 13.1 Å². The van der Waals surface area contributed by atoms with E-state index in [2.05, 4.69) is 13.8 Å². The molecule has 0 amide bonds. The Hall–Kier alpha value is -0.0800. The summed E-state index contributed by atoms with van der Waals surface area (Å²) >= 11 is 0. The van der Waals surface area contributed by atoms with Crippen LogP contribution in [-0.2, 0) is 0 Å². The van der Waals surface area contributed by atoms with Gasteiger partial charge in [-0.05, 0) is 31.1 Å². The van der Waals surface area contributed by atoms with Gasteiger partial charge < -0.3 is 0 Å². The molecule has 0 bridgehead atoms. The minimum absolute atomic E-state index is 0.615. The van der Waals surface area contributed by atoms with Crippen LogP contribution >= 0.6 is 0 Å². The molecule has 0 aromatic rings. The van der Waals surface area contributed by atoms with E-state index in [-0.39, 0.29) is 0 Å². The van der Waals surface area contributed by atoms with Gasteiger partial charge in [-0.25, -0.2) is 5.01 Å². The van der Waals surface area contributed by atoms with Crippen molar-refractivity contribution in [1.82, 2.24) is 5.01 Å². The Bertz CT molecular complexity index is 119. The van der Waals surface area contributed by atoms with E-state index >= 15 is 0 Å². The van der Waals surface area contributed by atoms with Crippen LogP contribution in [0.5, 0.6) is 0 Å². The Balaban J connectivity index is 2.18. The van der Waals surface area contributed by atoms with Crippen molar-refractivity contribution >= 4 is 0 Å². The number of rotatable bonds is 5. The Morgan fingerprint density at radius 1 is 1.36 bits per heavy atom. The van der Waals surface area contributed by atoms with Gasteiger partial charge in [0.2, 0.25) is 0 Å². The predicted molar refractivity (Wildman–Crippen MR) is 48.0 cm³/mol. The lowest BCUT2D eigenvalue weighted by molar-refractivity contribution is 0.221. The van der Waals surface area contributed by atoms with Crippen LogP contribution in [0.15, 0.2) is 0 Å². The van der Waals surface area contributed by atoms with E-state index in [0.717, 1.165) is 19.5 Å². The van der Waals surface area contributed by atoms with Gasteiger partial charge in [-0.3, -0.25) is 5.84 Å². The SMILES string of the molecule is CCCN(N)CC1(CC)CC1. The molecular formula is C9H20N2. The topological polar surface area (TPSA) is 29.3 Å². The zero-order valence-corrected chi connectivity index (χ0v) is 7.77. The molecule has 1 saturated carbocycles. The molecule has 0 saturated heterocycles. The molecule has 0 radical (unpaired) electrons. The zero-order chi connectivity index (χ0) is 8.32. The second-order valence-corrected chi connectivity index (χ2v) is 3.82. The Morgan fingerprint density at radius 2 is 2.00 bits per heavy atom. The molecule has 11 heavy (non-hydrogen) atoms. The summed E-state index contributed by atoms with van der Waals surface area (Å²) in [6.07, 6.45) is 5.24. The van der Waals surface area contributed by atoms with Crippen LogP contribution in [0.25, 0.3) is 0 Å². The number of nitrogens with zero attached hydrogens (tertiary/aromatic N) is 1. The van der Waals surface area contributed by atoms with Crippen molar-refractivity contribution < 1.29 is 0 Å². The fraction of sp³-hybridized carbons (Fsp3) is 1.00. The molecule has 2 heteroatoms. The predicted octanol–water partition coefficient (Wildman–Crippen LogP) is 1.76. The van der Waals surface area contributed by atoms with Crippen molar-refractivity contribution in [3.05, 3.63) is 0 Å². The smallest absolute Gasteiger partial charge is 0.0185 e. The lowest BCUT2D eigenvalue weighted by atomic mass is 10.0. The zero-order valence-electron chi connectivity index (χ0n) is 7.77. The minimum Gasteiger partial charge on any atom is -0.269 e. The molecule has 0 aromatic heterocycles. The van der Waals surface area contributed by atoms with Crippen LogP contribution in [0.4, 0.5) is 0 Å². The summed E-state index contributed by atoms with van der Waals surface area (Å²) < 4.78 is 0. The highest BCUT2D eigenvalue weighted by Crippen LogP contribution is 2.48. The lowest BCUT2D eigenvalue weighted by Gasteiger charge is -2.21. The highest BCUT2D eigenvalue weighted by Gasteiger charge is 2.41. The van der Waals surface area contributed by atoms with Crippen molar-refractivity contribution in [2.45, 2.75) is 39.5 Å². The van der Waals surface area contributed by atoms with Gasteiger partial charge >= 0.3 is 0 Å². The summed E-state index contributed by atoms with van der Waals surface area (Å²) in [5.74, 6) is 5.82. The van der Waals surface area contributed by atoms with Crippen molar-refractivity contribution in [1.29, 1.82) is 0 Å². The van der Waals surface area contributed by atoms with E-state index < -0.39 is 0 Å². The third kappa shape index (κ3) is 2.46. The first-order valence-corrected chi connectivity index (χ1v) is 4.72. The number of hydrogen-bond donors (Lipinski definition) is 1. The molecule has 2 nitrogen and oxygen atoms in total. The van der Waals surface area contributed by atoms with Crippen LogP contribution < -0.4 is 5.84 Å². The molecule has 0 atom stereocenters. The molecule has 0 heterocycles. The monoisotopic (exact) mass is 156 g/mol. The number of hydrazine groups is 1. The van der Waals surface area contributed by atoms with E-state index in [1.165, 1.54) is 19.3 Å². The molecule has 66 valence electrons. The molecule has 1 aliphatic rings. The summed E-state index contributed by atoms with van der Waals surface area (Å²) in [7, 11) is 0. The van der Waals surface area contributed by atoms with Gasteiger partial charge in [-0.2, -0.15) is 0 Å². The first kappa shape index (κ1) is 9.01. The molecule has 2 N–H and O–H groups in total. The normalized spacial score (nSPS) is 20.7. The highest BCUT2D eigenvalue weighted by molar-refractivity contribution is 4.93. The molecule has 0 aliphatic heterocycles.